The van der Waals surface area contributed by atoms with Gasteiger partial charge in [0.2, 0.25) is 0 Å². The second kappa shape index (κ2) is 2.62. The van der Waals surface area contributed by atoms with Gasteiger partial charge in [-0.25, -0.2) is 0 Å². The number of hydrogen-bond donors (Lipinski definition) is 1. The van der Waals surface area contributed by atoms with E-state index in [0.717, 1.165) is 5.39 Å². The molecule has 3 heteroatoms. The van der Waals surface area contributed by atoms with Gasteiger partial charge in [-0.2, -0.15) is 0 Å². The summed E-state index contributed by atoms with van der Waals surface area (Å²) in [5.41, 5.74) is 6.95. The Morgan fingerprint density at radius 1 is 1.38 bits per heavy atom. The number of hydrogen-bond acceptors (Lipinski definition) is 3. The quantitative estimate of drug-likeness (QED) is 0.534. The maximum absolute atomic E-state index is 11.0. The molecule has 2 N–H and O–H groups in total. The summed E-state index contributed by atoms with van der Waals surface area (Å²) in [7, 11) is 0. The van der Waals surface area contributed by atoms with Crippen molar-refractivity contribution < 1.29 is 9.21 Å². The SMILES string of the molecule is CC(=O)c1cc2cc(N)ccc2o1. The van der Waals surface area contributed by atoms with E-state index in [4.69, 9.17) is 10.2 Å². The molecule has 0 atom stereocenters. The number of nitrogen functional groups attached to an aromatic ring is 1. The summed E-state index contributed by atoms with van der Waals surface area (Å²) in [4.78, 5) is 11.0. The first-order valence-corrected chi connectivity index (χ1v) is 3.97. The van der Waals surface area contributed by atoms with Gasteiger partial charge in [-0.15, -0.1) is 0 Å². The van der Waals surface area contributed by atoms with Gasteiger partial charge in [0.15, 0.2) is 11.5 Å². The Morgan fingerprint density at radius 3 is 2.85 bits per heavy atom. The molecule has 0 aliphatic carbocycles. The van der Waals surface area contributed by atoms with Crippen LogP contribution in [-0.4, -0.2) is 5.78 Å². The zero-order valence-electron chi connectivity index (χ0n) is 7.20. The Kier molecular flexibility index (Phi) is 1.59. The molecule has 3 nitrogen and oxygen atoms in total. The minimum atomic E-state index is -0.0743. The summed E-state index contributed by atoms with van der Waals surface area (Å²) in [6, 6.07) is 6.99. The van der Waals surface area contributed by atoms with Crippen LogP contribution in [0.2, 0.25) is 0 Å². The Hall–Kier alpha value is -1.77. The van der Waals surface area contributed by atoms with Crippen LogP contribution >= 0.6 is 0 Å². The molecule has 0 aliphatic rings. The Bertz CT molecular complexity index is 471. The van der Waals surface area contributed by atoms with E-state index >= 15 is 0 Å². The second-order valence-corrected chi connectivity index (χ2v) is 2.96. The van der Waals surface area contributed by atoms with Crippen molar-refractivity contribution >= 4 is 22.4 Å². The number of carbonyl (C=O) groups excluding carboxylic acids is 1. The van der Waals surface area contributed by atoms with Crippen molar-refractivity contribution in [1.82, 2.24) is 0 Å². The number of rotatable bonds is 1. The molecule has 13 heavy (non-hydrogen) atoms. The third-order valence-corrected chi connectivity index (χ3v) is 1.89. The fourth-order valence-electron chi connectivity index (χ4n) is 1.24. The molecule has 0 bridgehead atoms. The standard InChI is InChI=1S/C10H9NO2/c1-6(12)10-5-7-4-8(11)2-3-9(7)13-10/h2-5H,11H2,1H3. The number of benzene rings is 1. The highest BCUT2D eigenvalue weighted by Gasteiger charge is 2.06. The molecule has 2 aromatic rings. The van der Waals surface area contributed by atoms with Crippen LogP contribution in [-0.2, 0) is 0 Å². The maximum Gasteiger partial charge on any atom is 0.194 e. The number of nitrogens with two attached hydrogens (primary N) is 1. The Labute approximate surface area is 75.1 Å². The minimum Gasteiger partial charge on any atom is -0.453 e. The van der Waals surface area contributed by atoms with E-state index < -0.39 is 0 Å². The summed E-state index contributed by atoms with van der Waals surface area (Å²) >= 11 is 0. The van der Waals surface area contributed by atoms with Crippen molar-refractivity contribution in [2.75, 3.05) is 5.73 Å². The van der Waals surface area contributed by atoms with Crippen LogP contribution < -0.4 is 5.73 Å². The number of fused-ring (bicyclic) bond motifs is 1. The topological polar surface area (TPSA) is 56.2 Å². The summed E-state index contributed by atoms with van der Waals surface area (Å²) in [5.74, 6) is 0.301. The largest absolute Gasteiger partial charge is 0.453 e. The molecule has 0 fully saturated rings. The number of Topliss-reactive ketones (excluding diaryl/α,β-unsaturated/α-hetero) is 1. The normalized spacial score (nSPS) is 10.5. The number of ketones is 1. The number of anilines is 1. The lowest BCUT2D eigenvalue weighted by Gasteiger charge is -1.89. The third kappa shape index (κ3) is 1.28. The van der Waals surface area contributed by atoms with Crippen LogP contribution in [0.15, 0.2) is 28.7 Å². The molecule has 0 amide bonds. The predicted octanol–water partition coefficient (Wildman–Crippen LogP) is 2.22. The Morgan fingerprint density at radius 2 is 2.15 bits per heavy atom. The smallest absolute Gasteiger partial charge is 0.194 e. The van der Waals surface area contributed by atoms with Gasteiger partial charge in [-0.3, -0.25) is 4.79 Å². The molecule has 1 heterocycles. The monoisotopic (exact) mass is 175 g/mol. The van der Waals surface area contributed by atoms with Gasteiger partial charge >= 0.3 is 0 Å². The van der Waals surface area contributed by atoms with Crippen LogP contribution in [0.5, 0.6) is 0 Å². The van der Waals surface area contributed by atoms with Crippen molar-refractivity contribution in [1.29, 1.82) is 0 Å². The van der Waals surface area contributed by atoms with E-state index in [1.54, 1.807) is 24.3 Å². The van der Waals surface area contributed by atoms with E-state index in [1.807, 2.05) is 0 Å². The summed E-state index contributed by atoms with van der Waals surface area (Å²) < 4.78 is 5.28. The van der Waals surface area contributed by atoms with Crippen LogP contribution in [0.3, 0.4) is 0 Å². The van der Waals surface area contributed by atoms with Gasteiger partial charge in [0.1, 0.15) is 5.58 Å². The molecule has 0 saturated heterocycles. The van der Waals surface area contributed by atoms with Gasteiger partial charge in [-0.05, 0) is 24.3 Å². The van der Waals surface area contributed by atoms with Crippen LogP contribution in [0.25, 0.3) is 11.0 Å². The summed E-state index contributed by atoms with van der Waals surface area (Å²) in [6.45, 7) is 1.47. The molecule has 1 aromatic carbocycles. The summed E-state index contributed by atoms with van der Waals surface area (Å²) in [6.07, 6.45) is 0. The zero-order valence-corrected chi connectivity index (χ0v) is 7.20. The minimum absolute atomic E-state index is 0.0743. The molecule has 2 rings (SSSR count). The lowest BCUT2D eigenvalue weighted by Crippen LogP contribution is -1.85. The molecular weight excluding hydrogens is 166 g/mol. The Balaban J connectivity index is 2.68. The van der Waals surface area contributed by atoms with Gasteiger partial charge in [-0.1, -0.05) is 0 Å². The fourth-order valence-corrected chi connectivity index (χ4v) is 1.24. The second-order valence-electron chi connectivity index (χ2n) is 2.96. The molecule has 1 aromatic heterocycles. The summed E-state index contributed by atoms with van der Waals surface area (Å²) in [5, 5.41) is 0.866. The predicted molar refractivity (Wildman–Crippen MR) is 50.6 cm³/mol. The highest BCUT2D eigenvalue weighted by atomic mass is 16.3. The third-order valence-electron chi connectivity index (χ3n) is 1.89. The first kappa shape index (κ1) is 7.86. The molecule has 66 valence electrons. The molecule has 0 saturated carbocycles. The van der Waals surface area contributed by atoms with E-state index in [-0.39, 0.29) is 5.78 Å². The van der Waals surface area contributed by atoms with Crippen LogP contribution in [0.4, 0.5) is 5.69 Å². The lowest BCUT2D eigenvalue weighted by molar-refractivity contribution is 0.0989. The van der Waals surface area contributed by atoms with E-state index in [0.29, 0.717) is 17.0 Å². The highest BCUT2D eigenvalue weighted by molar-refractivity contribution is 5.96. The fraction of sp³-hybridized carbons (Fsp3) is 0.100. The first-order chi connectivity index (χ1) is 6.16. The molecule has 0 spiro atoms. The van der Waals surface area contributed by atoms with E-state index in [2.05, 4.69) is 0 Å². The molecule has 0 radical (unpaired) electrons. The van der Waals surface area contributed by atoms with Crippen molar-refractivity contribution in [3.05, 3.63) is 30.0 Å². The number of carbonyl (C=O) groups is 1. The van der Waals surface area contributed by atoms with Crippen molar-refractivity contribution in [2.24, 2.45) is 0 Å². The van der Waals surface area contributed by atoms with Crippen molar-refractivity contribution in [2.45, 2.75) is 6.92 Å². The zero-order chi connectivity index (χ0) is 9.42. The van der Waals surface area contributed by atoms with Gasteiger partial charge in [0.25, 0.3) is 0 Å². The van der Waals surface area contributed by atoms with Crippen molar-refractivity contribution in [3.63, 3.8) is 0 Å². The average Bonchev–Trinajstić information content (AvgIpc) is 2.46. The molecule has 0 unspecified atom stereocenters. The highest BCUT2D eigenvalue weighted by Crippen LogP contribution is 2.21. The van der Waals surface area contributed by atoms with E-state index in [9.17, 15) is 4.79 Å². The van der Waals surface area contributed by atoms with Crippen LogP contribution in [0.1, 0.15) is 17.5 Å². The average molecular weight is 175 g/mol. The van der Waals surface area contributed by atoms with Gasteiger partial charge in [0.05, 0.1) is 0 Å². The van der Waals surface area contributed by atoms with Crippen molar-refractivity contribution in [3.8, 4) is 0 Å². The molecule has 0 aliphatic heterocycles. The maximum atomic E-state index is 11.0. The van der Waals surface area contributed by atoms with Gasteiger partial charge < -0.3 is 10.2 Å². The number of furan rings is 1. The lowest BCUT2D eigenvalue weighted by atomic mass is 10.2. The van der Waals surface area contributed by atoms with Crippen LogP contribution in [0, 0.1) is 0 Å². The molecular formula is C10H9NO2. The van der Waals surface area contributed by atoms with Gasteiger partial charge in [0, 0.05) is 18.0 Å². The first-order valence-electron chi connectivity index (χ1n) is 3.97. The van der Waals surface area contributed by atoms with E-state index in [1.165, 1.54) is 6.92 Å².